The van der Waals surface area contributed by atoms with E-state index in [4.69, 9.17) is 9.72 Å². The minimum Gasteiger partial charge on any atom is -0.426 e. The third-order valence-electron chi connectivity index (χ3n) is 7.24. The molecule has 0 radical (unpaired) electrons. The maximum atomic E-state index is 15.6. The number of halogens is 2. The number of nitrogens with one attached hydrogen (secondary N) is 2. The van der Waals surface area contributed by atoms with Crippen molar-refractivity contribution in [2.45, 2.75) is 20.8 Å². The predicted octanol–water partition coefficient (Wildman–Crippen LogP) is 6.81. The molecule has 1 aliphatic rings. The molecule has 2 N–H and O–H groups in total. The number of esters is 1. The number of piperazine rings is 1. The molecule has 0 unspecified atom stereocenters. The molecule has 220 valence electrons. The smallest absolute Gasteiger partial charge is 0.316 e. The van der Waals surface area contributed by atoms with E-state index in [1.165, 1.54) is 12.1 Å². The van der Waals surface area contributed by atoms with Crippen LogP contribution in [0.25, 0.3) is 44.0 Å². The Labute approximate surface area is 258 Å². The summed E-state index contributed by atoms with van der Waals surface area (Å²) in [6, 6.07) is 18.5. The van der Waals surface area contributed by atoms with Crippen LogP contribution in [0.15, 0.2) is 60.0 Å². The molecule has 11 heteroatoms. The van der Waals surface area contributed by atoms with Crippen molar-refractivity contribution in [2.24, 2.45) is 5.41 Å². The van der Waals surface area contributed by atoms with Crippen molar-refractivity contribution in [3.63, 3.8) is 0 Å². The molecule has 43 heavy (non-hydrogen) atoms. The third-order valence-corrected chi connectivity index (χ3v) is 8.13. The predicted molar refractivity (Wildman–Crippen MR) is 170 cm³/mol. The number of hydrogen-bond acceptors (Lipinski definition) is 8. The number of pyridine rings is 1. The van der Waals surface area contributed by atoms with Gasteiger partial charge >= 0.3 is 5.97 Å². The lowest BCUT2D eigenvalue weighted by Crippen LogP contribution is -2.43. The first-order chi connectivity index (χ1) is 20.2. The van der Waals surface area contributed by atoms with E-state index in [2.05, 4.69) is 38.6 Å². The number of anilines is 1. The average molecular weight is 617 g/mol. The van der Waals surface area contributed by atoms with Gasteiger partial charge in [-0.1, -0.05) is 18.2 Å². The molecule has 0 spiro atoms. The largest absolute Gasteiger partial charge is 0.426 e. The number of H-pyrrole nitrogens is 1. The Morgan fingerprint density at radius 1 is 1.12 bits per heavy atom. The first kappa shape index (κ1) is 30.2. The molecule has 2 aromatic carbocycles. The van der Waals surface area contributed by atoms with Crippen LogP contribution in [0.2, 0.25) is 0 Å². The number of nitriles is 1. The van der Waals surface area contributed by atoms with Crippen molar-refractivity contribution in [1.82, 2.24) is 20.5 Å². The van der Waals surface area contributed by atoms with E-state index in [1.807, 2.05) is 29.6 Å². The molecule has 3 aromatic heterocycles. The zero-order valence-electron chi connectivity index (χ0n) is 23.9. The number of ether oxygens (including phenoxy) is 1. The Kier molecular flexibility index (Phi) is 8.51. The second kappa shape index (κ2) is 12.1. The number of thiophene rings is 1. The minimum absolute atomic E-state index is 0. The van der Waals surface area contributed by atoms with Crippen molar-refractivity contribution >= 4 is 46.4 Å². The lowest BCUT2D eigenvalue weighted by Gasteiger charge is -2.29. The fourth-order valence-corrected chi connectivity index (χ4v) is 5.75. The summed E-state index contributed by atoms with van der Waals surface area (Å²) in [5, 5.41) is 24.2. The summed E-state index contributed by atoms with van der Waals surface area (Å²) >= 11 is 1.55. The fourth-order valence-electron chi connectivity index (χ4n) is 5.02. The van der Waals surface area contributed by atoms with Gasteiger partial charge in [0.15, 0.2) is 5.65 Å². The summed E-state index contributed by atoms with van der Waals surface area (Å²) < 4.78 is 21.0. The quantitative estimate of drug-likeness (QED) is 0.165. The summed E-state index contributed by atoms with van der Waals surface area (Å²) in [4.78, 5) is 20.3. The van der Waals surface area contributed by atoms with Gasteiger partial charge in [-0.2, -0.15) is 10.4 Å². The van der Waals surface area contributed by atoms with Gasteiger partial charge in [0.2, 0.25) is 0 Å². The van der Waals surface area contributed by atoms with Gasteiger partial charge in [0, 0.05) is 49.1 Å². The van der Waals surface area contributed by atoms with E-state index in [1.54, 1.807) is 32.1 Å². The van der Waals surface area contributed by atoms with E-state index in [-0.39, 0.29) is 35.0 Å². The van der Waals surface area contributed by atoms with Gasteiger partial charge in [0.25, 0.3) is 0 Å². The van der Waals surface area contributed by atoms with Gasteiger partial charge < -0.3 is 15.0 Å². The van der Waals surface area contributed by atoms with E-state index < -0.39 is 17.2 Å². The van der Waals surface area contributed by atoms with Gasteiger partial charge in [0.05, 0.1) is 32.6 Å². The standard InChI is InChI=1S/C32H29FN6O2S.ClH/c1-32(2,3)31(40)41-21-10-11-22(24(33)17-21)28-23(18-34)26(19-6-8-20(9-7-19)39-14-12-35-13-15-39)27-29(25-5-4-16-42-25)37-38-30(27)36-28;/h4-11,16-17,35H,12-15H2,1-3H3,(H,36,37,38);1H. The monoisotopic (exact) mass is 616 g/mol. The number of carbonyl (C=O) groups excluding carboxylic acids is 1. The topological polar surface area (TPSA) is 107 Å². The first-order valence-corrected chi connectivity index (χ1v) is 14.6. The van der Waals surface area contributed by atoms with E-state index in [0.717, 1.165) is 54.1 Å². The van der Waals surface area contributed by atoms with Crippen LogP contribution in [-0.2, 0) is 4.79 Å². The molecule has 0 atom stereocenters. The Bertz CT molecular complexity index is 1820. The van der Waals surface area contributed by atoms with E-state index in [9.17, 15) is 10.1 Å². The Morgan fingerprint density at radius 2 is 1.86 bits per heavy atom. The number of carbonyl (C=O) groups is 1. The molecule has 1 fully saturated rings. The van der Waals surface area contributed by atoms with Gasteiger partial charge in [-0.25, -0.2) is 9.37 Å². The minimum atomic E-state index is -0.745. The van der Waals surface area contributed by atoms with Crippen LogP contribution in [0.1, 0.15) is 26.3 Å². The zero-order valence-corrected chi connectivity index (χ0v) is 25.5. The first-order valence-electron chi connectivity index (χ1n) is 13.7. The van der Waals surface area contributed by atoms with Crippen LogP contribution in [0, 0.1) is 22.6 Å². The van der Waals surface area contributed by atoms with Gasteiger partial charge in [-0.15, -0.1) is 23.7 Å². The lowest BCUT2D eigenvalue weighted by molar-refractivity contribution is -0.143. The lowest BCUT2D eigenvalue weighted by atomic mass is 9.92. The molecule has 0 amide bonds. The van der Waals surface area contributed by atoms with Crippen LogP contribution in [0.4, 0.5) is 10.1 Å². The van der Waals surface area contributed by atoms with E-state index >= 15 is 4.39 Å². The van der Waals surface area contributed by atoms with E-state index in [0.29, 0.717) is 16.6 Å². The van der Waals surface area contributed by atoms with Crippen molar-refractivity contribution < 1.29 is 13.9 Å². The van der Waals surface area contributed by atoms with Gasteiger partial charge in [0.1, 0.15) is 17.6 Å². The molecule has 1 aliphatic heterocycles. The SMILES string of the molecule is CC(C)(C)C(=O)Oc1ccc(-c2nc3n[nH]c(-c4cccs4)c3c(-c3ccc(N4CCNCC4)cc3)c2C#N)c(F)c1.Cl. The molecule has 5 aromatic rings. The maximum absolute atomic E-state index is 15.6. The van der Waals surface area contributed by atoms with Crippen molar-refractivity contribution in [1.29, 1.82) is 5.26 Å². The van der Waals surface area contributed by atoms with Crippen LogP contribution in [-0.4, -0.2) is 47.3 Å². The molecule has 0 saturated carbocycles. The van der Waals surface area contributed by atoms with Crippen LogP contribution in [0.3, 0.4) is 0 Å². The molecule has 1 saturated heterocycles. The summed E-state index contributed by atoms with van der Waals surface area (Å²) in [5.74, 6) is -1.05. The molecule has 4 heterocycles. The Hall–Kier alpha value is -4.30. The zero-order chi connectivity index (χ0) is 29.4. The van der Waals surface area contributed by atoms with Crippen LogP contribution < -0.4 is 15.0 Å². The molecule has 8 nitrogen and oxygen atoms in total. The highest BCUT2D eigenvalue weighted by molar-refractivity contribution is 7.13. The van der Waals surface area contributed by atoms with Gasteiger partial charge in [-0.3, -0.25) is 9.89 Å². The van der Waals surface area contributed by atoms with Crippen LogP contribution in [0.5, 0.6) is 5.75 Å². The molecular weight excluding hydrogens is 587 g/mol. The van der Waals surface area contributed by atoms with Crippen molar-refractivity contribution in [3.8, 4) is 44.8 Å². The summed E-state index contributed by atoms with van der Waals surface area (Å²) in [6.45, 7) is 8.86. The van der Waals surface area contributed by atoms with Crippen LogP contribution >= 0.6 is 23.7 Å². The fraction of sp³-hybridized carbons (Fsp3) is 0.250. The number of aromatic amines is 1. The summed E-state index contributed by atoms with van der Waals surface area (Å²) in [5.41, 5.74) is 3.42. The number of aromatic nitrogens is 3. The Balaban J connectivity index is 0.00000368. The number of rotatable bonds is 5. The highest BCUT2D eigenvalue weighted by Crippen LogP contribution is 2.42. The summed E-state index contributed by atoms with van der Waals surface area (Å²) in [6.07, 6.45) is 0. The second-order valence-corrected chi connectivity index (χ2v) is 12.1. The van der Waals surface area contributed by atoms with Gasteiger partial charge in [-0.05, 0) is 62.0 Å². The third kappa shape index (κ3) is 5.84. The highest BCUT2D eigenvalue weighted by Gasteiger charge is 2.27. The number of nitrogens with zero attached hydrogens (tertiary/aromatic N) is 4. The number of fused-ring (bicyclic) bond motifs is 1. The van der Waals surface area contributed by atoms with Crippen molar-refractivity contribution in [3.05, 3.63) is 71.4 Å². The molecular formula is C32H30ClFN6O2S. The average Bonchev–Trinajstić information content (AvgIpc) is 3.67. The second-order valence-electron chi connectivity index (χ2n) is 11.2. The normalized spacial score (nSPS) is 13.4. The Morgan fingerprint density at radius 3 is 2.49 bits per heavy atom. The summed E-state index contributed by atoms with van der Waals surface area (Å²) in [7, 11) is 0. The maximum Gasteiger partial charge on any atom is 0.316 e. The molecule has 0 aliphatic carbocycles. The molecule has 6 rings (SSSR count). The highest BCUT2D eigenvalue weighted by atomic mass is 35.5. The molecule has 0 bridgehead atoms. The number of hydrogen-bond donors (Lipinski definition) is 2. The van der Waals surface area contributed by atoms with Crippen molar-refractivity contribution in [2.75, 3.05) is 31.1 Å². The number of benzene rings is 2.